The van der Waals surface area contributed by atoms with Crippen molar-refractivity contribution in [3.05, 3.63) is 35.4 Å². The summed E-state index contributed by atoms with van der Waals surface area (Å²) in [4.78, 5) is 12.1. The van der Waals surface area contributed by atoms with E-state index in [1.165, 1.54) is 12.7 Å². The average molecular weight is 277 g/mol. The Morgan fingerprint density at radius 1 is 1.20 bits per heavy atom. The third kappa shape index (κ3) is 4.07. The Morgan fingerprint density at radius 3 is 2.15 bits per heavy atom. The van der Waals surface area contributed by atoms with Gasteiger partial charge in [-0.3, -0.25) is 5.32 Å². The molecule has 1 N–H and O–H groups in total. The largest absolute Gasteiger partial charge is 0.467 e. The second-order valence-electron chi connectivity index (χ2n) is 6.21. The van der Waals surface area contributed by atoms with Crippen LogP contribution in [-0.2, 0) is 21.5 Å². The molecule has 0 radical (unpaired) electrons. The van der Waals surface area contributed by atoms with Gasteiger partial charge < -0.3 is 4.74 Å². The van der Waals surface area contributed by atoms with Gasteiger partial charge in [-0.25, -0.2) is 4.79 Å². The minimum Gasteiger partial charge on any atom is -0.467 e. The SMILES string of the molecule is COC(=O)C(C)(NC(C)C)c1ccc(CC(C)C)cc1. The zero-order valence-corrected chi connectivity index (χ0v) is 13.5. The number of benzene rings is 1. The van der Waals surface area contributed by atoms with Crippen molar-refractivity contribution < 1.29 is 9.53 Å². The maximum atomic E-state index is 12.1. The maximum absolute atomic E-state index is 12.1. The Balaban J connectivity index is 3.05. The zero-order chi connectivity index (χ0) is 15.3. The number of rotatable bonds is 6. The number of nitrogens with one attached hydrogen (secondary N) is 1. The number of hydrogen-bond acceptors (Lipinski definition) is 3. The van der Waals surface area contributed by atoms with Gasteiger partial charge in [0.25, 0.3) is 0 Å². The summed E-state index contributed by atoms with van der Waals surface area (Å²) in [6, 6.07) is 8.42. The van der Waals surface area contributed by atoms with Gasteiger partial charge in [0.05, 0.1) is 7.11 Å². The van der Waals surface area contributed by atoms with E-state index in [0.717, 1.165) is 12.0 Å². The Labute approximate surface area is 122 Å². The van der Waals surface area contributed by atoms with Crippen LogP contribution in [0.15, 0.2) is 24.3 Å². The molecule has 0 amide bonds. The molecular weight excluding hydrogens is 250 g/mol. The summed E-state index contributed by atoms with van der Waals surface area (Å²) < 4.78 is 4.96. The monoisotopic (exact) mass is 277 g/mol. The molecule has 1 aromatic rings. The highest BCUT2D eigenvalue weighted by molar-refractivity contribution is 5.82. The van der Waals surface area contributed by atoms with Gasteiger partial charge in [-0.15, -0.1) is 0 Å². The van der Waals surface area contributed by atoms with Crippen LogP contribution >= 0.6 is 0 Å². The summed E-state index contributed by atoms with van der Waals surface area (Å²) in [5, 5.41) is 3.31. The van der Waals surface area contributed by atoms with Gasteiger partial charge >= 0.3 is 5.97 Å². The molecule has 0 spiro atoms. The fourth-order valence-corrected chi connectivity index (χ4v) is 2.49. The number of esters is 1. The quantitative estimate of drug-likeness (QED) is 0.811. The lowest BCUT2D eigenvalue weighted by atomic mass is 9.89. The third-order valence-electron chi connectivity index (χ3n) is 3.35. The summed E-state index contributed by atoms with van der Waals surface area (Å²) in [5.74, 6) is 0.365. The first-order valence-corrected chi connectivity index (χ1v) is 7.25. The lowest BCUT2D eigenvalue weighted by molar-refractivity contribution is -0.148. The molecule has 0 fully saturated rings. The van der Waals surface area contributed by atoms with Crippen LogP contribution in [0, 0.1) is 5.92 Å². The van der Waals surface area contributed by atoms with Gasteiger partial charge in [0, 0.05) is 6.04 Å². The van der Waals surface area contributed by atoms with Crippen LogP contribution in [0.2, 0.25) is 0 Å². The molecule has 112 valence electrons. The van der Waals surface area contributed by atoms with Crippen LogP contribution in [0.25, 0.3) is 0 Å². The summed E-state index contributed by atoms with van der Waals surface area (Å²) in [6.45, 7) is 10.3. The standard InChI is InChI=1S/C17H27NO2/c1-12(2)11-14-7-9-15(10-8-14)17(5,16(19)20-6)18-13(3)4/h7-10,12-13,18H,11H2,1-6H3. The van der Waals surface area contributed by atoms with Gasteiger partial charge in [0.2, 0.25) is 0 Å². The van der Waals surface area contributed by atoms with E-state index in [9.17, 15) is 4.79 Å². The van der Waals surface area contributed by atoms with E-state index in [2.05, 4.69) is 31.3 Å². The Bertz CT molecular complexity index is 437. The summed E-state index contributed by atoms with van der Waals surface area (Å²) in [7, 11) is 1.43. The van der Waals surface area contributed by atoms with E-state index in [4.69, 9.17) is 4.74 Å². The molecule has 1 aromatic carbocycles. The molecule has 1 unspecified atom stereocenters. The van der Waals surface area contributed by atoms with Crippen molar-refractivity contribution in [1.29, 1.82) is 0 Å². The first-order valence-electron chi connectivity index (χ1n) is 7.25. The summed E-state index contributed by atoms with van der Waals surface area (Å²) in [6.07, 6.45) is 1.05. The molecule has 3 heteroatoms. The average Bonchev–Trinajstić information content (AvgIpc) is 2.36. The molecule has 3 nitrogen and oxygen atoms in total. The van der Waals surface area contributed by atoms with Crippen LogP contribution in [0.1, 0.15) is 45.7 Å². The van der Waals surface area contributed by atoms with Crippen molar-refractivity contribution in [2.24, 2.45) is 5.92 Å². The smallest absolute Gasteiger partial charge is 0.330 e. The molecule has 0 saturated heterocycles. The van der Waals surface area contributed by atoms with Gasteiger partial charge in [-0.1, -0.05) is 38.1 Å². The topological polar surface area (TPSA) is 38.3 Å². The molecule has 0 aromatic heterocycles. The fourth-order valence-electron chi connectivity index (χ4n) is 2.49. The van der Waals surface area contributed by atoms with E-state index in [1.807, 2.05) is 32.9 Å². The summed E-state index contributed by atoms with van der Waals surface area (Å²) in [5.41, 5.74) is 1.42. The van der Waals surface area contributed by atoms with Gasteiger partial charge in [-0.2, -0.15) is 0 Å². The number of hydrogen-bond donors (Lipinski definition) is 1. The number of methoxy groups -OCH3 is 1. The van der Waals surface area contributed by atoms with Crippen LogP contribution in [0.5, 0.6) is 0 Å². The van der Waals surface area contributed by atoms with Crippen LogP contribution in [-0.4, -0.2) is 19.1 Å². The number of ether oxygens (including phenoxy) is 1. The Morgan fingerprint density at radius 2 is 1.75 bits per heavy atom. The predicted octanol–water partition coefficient (Wildman–Crippen LogP) is 3.27. The lowest BCUT2D eigenvalue weighted by Crippen LogP contribution is -2.50. The van der Waals surface area contributed by atoms with Crippen molar-refractivity contribution >= 4 is 5.97 Å². The fraction of sp³-hybridized carbons (Fsp3) is 0.588. The van der Waals surface area contributed by atoms with Gasteiger partial charge in [0.15, 0.2) is 0 Å². The molecule has 1 atom stereocenters. The van der Waals surface area contributed by atoms with Crippen molar-refractivity contribution in [3.8, 4) is 0 Å². The van der Waals surface area contributed by atoms with Gasteiger partial charge in [-0.05, 0) is 44.2 Å². The first-order chi connectivity index (χ1) is 9.29. The normalized spacial score (nSPS) is 14.4. The van der Waals surface area contributed by atoms with Crippen LogP contribution in [0.3, 0.4) is 0 Å². The second kappa shape index (κ2) is 6.89. The molecule has 0 bridgehead atoms. The number of carbonyl (C=O) groups is 1. The molecule has 0 aliphatic rings. The maximum Gasteiger partial charge on any atom is 0.330 e. The highest BCUT2D eigenvalue weighted by atomic mass is 16.5. The van der Waals surface area contributed by atoms with Gasteiger partial charge in [0.1, 0.15) is 5.54 Å². The van der Waals surface area contributed by atoms with Crippen molar-refractivity contribution in [2.75, 3.05) is 7.11 Å². The van der Waals surface area contributed by atoms with E-state index < -0.39 is 5.54 Å². The van der Waals surface area contributed by atoms with Crippen molar-refractivity contribution in [1.82, 2.24) is 5.32 Å². The molecule has 1 rings (SSSR count). The summed E-state index contributed by atoms with van der Waals surface area (Å²) >= 11 is 0. The molecule has 0 saturated carbocycles. The molecule has 20 heavy (non-hydrogen) atoms. The predicted molar refractivity (Wildman–Crippen MR) is 82.6 cm³/mol. The highest BCUT2D eigenvalue weighted by Crippen LogP contribution is 2.24. The molecule has 0 aliphatic heterocycles. The molecule has 0 aliphatic carbocycles. The van der Waals surface area contributed by atoms with Crippen molar-refractivity contribution in [3.63, 3.8) is 0 Å². The van der Waals surface area contributed by atoms with E-state index in [0.29, 0.717) is 5.92 Å². The van der Waals surface area contributed by atoms with E-state index in [1.54, 1.807) is 0 Å². The minimum atomic E-state index is -0.806. The molecular formula is C17H27NO2. The zero-order valence-electron chi connectivity index (χ0n) is 13.5. The first kappa shape index (κ1) is 16.7. The lowest BCUT2D eigenvalue weighted by Gasteiger charge is -2.30. The highest BCUT2D eigenvalue weighted by Gasteiger charge is 2.36. The number of carbonyl (C=O) groups excluding carboxylic acids is 1. The van der Waals surface area contributed by atoms with E-state index >= 15 is 0 Å². The van der Waals surface area contributed by atoms with Crippen LogP contribution in [0.4, 0.5) is 0 Å². The minimum absolute atomic E-state index is 0.189. The van der Waals surface area contributed by atoms with Crippen LogP contribution < -0.4 is 5.32 Å². The Kier molecular flexibility index (Phi) is 5.75. The third-order valence-corrected chi connectivity index (χ3v) is 3.35. The second-order valence-corrected chi connectivity index (χ2v) is 6.21. The van der Waals surface area contributed by atoms with E-state index in [-0.39, 0.29) is 12.0 Å². The van der Waals surface area contributed by atoms with Crippen molar-refractivity contribution in [2.45, 2.75) is 52.6 Å². The molecule has 0 heterocycles. The Hall–Kier alpha value is -1.35.